The van der Waals surface area contributed by atoms with Crippen molar-refractivity contribution in [1.82, 2.24) is 10.0 Å². The van der Waals surface area contributed by atoms with E-state index in [9.17, 15) is 17.6 Å². The second kappa shape index (κ2) is 8.57. The molecule has 0 saturated carbocycles. The first-order chi connectivity index (χ1) is 13.3. The van der Waals surface area contributed by atoms with Gasteiger partial charge in [-0.3, -0.25) is 4.79 Å². The first-order valence-electron chi connectivity index (χ1n) is 8.87. The summed E-state index contributed by atoms with van der Waals surface area (Å²) in [5.74, 6) is -1.44. The molecule has 1 fully saturated rings. The Kier molecular flexibility index (Phi) is 6.34. The summed E-state index contributed by atoms with van der Waals surface area (Å²) in [4.78, 5) is 11.9. The van der Waals surface area contributed by atoms with E-state index < -0.39 is 26.6 Å². The van der Waals surface area contributed by atoms with Gasteiger partial charge < -0.3 is 10.6 Å². The van der Waals surface area contributed by atoms with Crippen molar-refractivity contribution in [3.63, 3.8) is 0 Å². The number of carbonyl (C=O) groups excluding carboxylic acids is 1. The standard InChI is InChI=1S/C19H21ClFN3O3S/c1-12-4-2-3-5-14(12)19(25)23-17-11-16(21)18(10-15(17)20)28(26,27)24-13-6-8-22-9-7-13/h2-5,10-11,13,22,24H,6-9H2,1H3,(H,23,25). The molecule has 3 N–H and O–H groups in total. The number of carbonyl (C=O) groups is 1. The summed E-state index contributed by atoms with van der Waals surface area (Å²) in [6, 6.07) is 8.61. The number of anilines is 1. The van der Waals surface area contributed by atoms with E-state index in [0.717, 1.165) is 17.7 Å². The molecule has 0 aliphatic carbocycles. The van der Waals surface area contributed by atoms with Gasteiger partial charge in [-0.25, -0.2) is 17.5 Å². The molecule has 1 aliphatic heterocycles. The average molecular weight is 426 g/mol. The number of halogens is 2. The van der Waals surface area contributed by atoms with Crippen molar-refractivity contribution in [2.75, 3.05) is 18.4 Å². The lowest BCUT2D eigenvalue weighted by atomic mass is 10.1. The van der Waals surface area contributed by atoms with Crippen LogP contribution in [0.5, 0.6) is 0 Å². The van der Waals surface area contributed by atoms with Gasteiger partial charge in [-0.2, -0.15) is 0 Å². The molecule has 2 aromatic rings. The fourth-order valence-electron chi connectivity index (χ4n) is 3.07. The predicted molar refractivity (Wildman–Crippen MR) is 107 cm³/mol. The Balaban J connectivity index is 1.82. The topological polar surface area (TPSA) is 87.3 Å². The van der Waals surface area contributed by atoms with Crippen LogP contribution in [-0.4, -0.2) is 33.5 Å². The molecule has 6 nitrogen and oxygen atoms in total. The van der Waals surface area contributed by atoms with Gasteiger partial charge in [0, 0.05) is 17.7 Å². The fraction of sp³-hybridized carbons (Fsp3) is 0.316. The minimum atomic E-state index is -4.07. The summed E-state index contributed by atoms with van der Waals surface area (Å²) in [5.41, 5.74) is 1.18. The summed E-state index contributed by atoms with van der Waals surface area (Å²) < 4.78 is 42.2. The molecule has 0 radical (unpaired) electrons. The van der Waals surface area contributed by atoms with Crippen molar-refractivity contribution >= 4 is 33.2 Å². The highest BCUT2D eigenvalue weighted by molar-refractivity contribution is 7.89. The van der Waals surface area contributed by atoms with E-state index in [1.54, 1.807) is 31.2 Å². The van der Waals surface area contributed by atoms with Gasteiger partial charge in [0.1, 0.15) is 10.7 Å². The Morgan fingerprint density at radius 1 is 1.21 bits per heavy atom. The first kappa shape index (κ1) is 20.7. The Bertz CT molecular complexity index is 992. The molecule has 0 spiro atoms. The summed E-state index contributed by atoms with van der Waals surface area (Å²) in [6.07, 6.45) is 1.25. The van der Waals surface area contributed by atoms with Crippen LogP contribution in [0.1, 0.15) is 28.8 Å². The molecule has 28 heavy (non-hydrogen) atoms. The Labute approximate surface area is 168 Å². The summed E-state index contributed by atoms with van der Waals surface area (Å²) in [7, 11) is -4.07. The van der Waals surface area contributed by atoms with Gasteiger partial charge in [0.25, 0.3) is 5.91 Å². The van der Waals surface area contributed by atoms with Crippen molar-refractivity contribution in [2.24, 2.45) is 0 Å². The van der Waals surface area contributed by atoms with Crippen molar-refractivity contribution in [3.05, 3.63) is 58.4 Å². The largest absolute Gasteiger partial charge is 0.321 e. The van der Waals surface area contributed by atoms with Crippen LogP contribution in [-0.2, 0) is 10.0 Å². The number of amides is 1. The normalized spacial score (nSPS) is 15.4. The van der Waals surface area contributed by atoms with Gasteiger partial charge in [0.05, 0.1) is 10.7 Å². The minimum Gasteiger partial charge on any atom is -0.321 e. The van der Waals surface area contributed by atoms with Crippen LogP contribution in [0, 0.1) is 12.7 Å². The third-order valence-electron chi connectivity index (χ3n) is 4.61. The highest BCUT2D eigenvalue weighted by Crippen LogP contribution is 2.29. The highest BCUT2D eigenvalue weighted by Gasteiger charge is 2.26. The van der Waals surface area contributed by atoms with Crippen LogP contribution in [0.15, 0.2) is 41.3 Å². The van der Waals surface area contributed by atoms with Crippen LogP contribution >= 0.6 is 11.6 Å². The molecular weight excluding hydrogens is 405 g/mol. The number of piperidine rings is 1. The zero-order valence-electron chi connectivity index (χ0n) is 15.3. The van der Waals surface area contributed by atoms with Crippen LogP contribution in [0.3, 0.4) is 0 Å². The molecule has 150 valence electrons. The monoisotopic (exact) mass is 425 g/mol. The van der Waals surface area contributed by atoms with Gasteiger partial charge >= 0.3 is 0 Å². The van der Waals surface area contributed by atoms with E-state index in [4.69, 9.17) is 11.6 Å². The van der Waals surface area contributed by atoms with Crippen LogP contribution in [0.25, 0.3) is 0 Å². The molecule has 0 atom stereocenters. The third-order valence-corrected chi connectivity index (χ3v) is 6.46. The van der Waals surface area contributed by atoms with Gasteiger partial charge in [-0.05, 0) is 50.6 Å². The maximum Gasteiger partial charge on any atom is 0.255 e. The molecule has 1 heterocycles. The van der Waals surface area contributed by atoms with Gasteiger partial charge in [-0.1, -0.05) is 29.8 Å². The van der Waals surface area contributed by atoms with Crippen molar-refractivity contribution < 1.29 is 17.6 Å². The molecule has 0 bridgehead atoms. The van der Waals surface area contributed by atoms with Crippen molar-refractivity contribution in [1.29, 1.82) is 0 Å². The Morgan fingerprint density at radius 2 is 1.89 bits per heavy atom. The maximum absolute atomic E-state index is 14.6. The fourth-order valence-corrected chi connectivity index (χ4v) is 4.74. The summed E-state index contributed by atoms with van der Waals surface area (Å²) in [6.45, 7) is 3.17. The molecule has 9 heteroatoms. The molecule has 0 aromatic heterocycles. The summed E-state index contributed by atoms with van der Waals surface area (Å²) >= 11 is 6.14. The molecule has 3 rings (SSSR count). The Morgan fingerprint density at radius 3 is 2.57 bits per heavy atom. The number of benzene rings is 2. The third kappa shape index (κ3) is 4.70. The lowest BCUT2D eigenvalue weighted by molar-refractivity contribution is 0.102. The molecule has 1 amide bonds. The van der Waals surface area contributed by atoms with E-state index in [-0.39, 0.29) is 16.8 Å². The van der Waals surface area contributed by atoms with Crippen molar-refractivity contribution in [2.45, 2.75) is 30.7 Å². The van der Waals surface area contributed by atoms with E-state index in [0.29, 0.717) is 31.5 Å². The van der Waals surface area contributed by atoms with Crippen LogP contribution in [0.2, 0.25) is 5.02 Å². The second-order valence-corrected chi connectivity index (χ2v) is 8.77. The smallest absolute Gasteiger partial charge is 0.255 e. The first-order valence-corrected chi connectivity index (χ1v) is 10.7. The number of nitrogens with one attached hydrogen (secondary N) is 3. The van der Waals surface area contributed by atoms with Crippen LogP contribution in [0.4, 0.5) is 10.1 Å². The minimum absolute atomic E-state index is 0.00763. The molecule has 2 aromatic carbocycles. The van der Waals surface area contributed by atoms with E-state index in [2.05, 4.69) is 15.4 Å². The average Bonchev–Trinajstić information content (AvgIpc) is 2.65. The van der Waals surface area contributed by atoms with Gasteiger partial charge in [-0.15, -0.1) is 0 Å². The second-order valence-electron chi connectivity index (χ2n) is 6.68. The van der Waals surface area contributed by atoms with Gasteiger partial charge in [0.15, 0.2) is 0 Å². The quantitative estimate of drug-likeness (QED) is 0.687. The number of sulfonamides is 1. The lowest BCUT2D eigenvalue weighted by Gasteiger charge is -2.23. The molecule has 0 unspecified atom stereocenters. The zero-order valence-corrected chi connectivity index (χ0v) is 16.8. The predicted octanol–water partition coefficient (Wildman–Crippen LogP) is 3.07. The van der Waals surface area contributed by atoms with Crippen molar-refractivity contribution in [3.8, 4) is 0 Å². The Hall–Kier alpha value is -2.00. The van der Waals surface area contributed by atoms with E-state index in [1.807, 2.05) is 0 Å². The van der Waals surface area contributed by atoms with Crippen LogP contribution < -0.4 is 15.4 Å². The molecular formula is C19H21ClFN3O3S. The number of hydrogen-bond donors (Lipinski definition) is 3. The van der Waals surface area contributed by atoms with Gasteiger partial charge in [0.2, 0.25) is 10.0 Å². The number of aryl methyl sites for hydroxylation is 1. The SMILES string of the molecule is Cc1ccccc1C(=O)Nc1cc(F)c(S(=O)(=O)NC2CCNCC2)cc1Cl. The van der Waals surface area contributed by atoms with E-state index in [1.165, 1.54) is 0 Å². The maximum atomic E-state index is 14.6. The molecule has 1 aliphatic rings. The number of rotatable bonds is 5. The highest BCUT2D eigenvalue weighted by atomic mass is 35.5. The molecule has 1 saturated heterocycles. The summed E-state index contributed by atoms with van der Waals surface area (Å²) in [5, 5.41) is 5.61. The van der Waals surface area contributed by atoms with E-state index >= 15 is 0 Å². The number of hydrogen-bond acceptors (Lipinski definition) is 4. The zero-order chi connectivity index (χ0) is 20.3. The lowest BCUT2D eigenvalue weighted by Crippen LogP contribution is -2.42.